The summed E-state index contributed by atoms with van der Waals surface area (Å²) in [6.07, 6.45) is 0.844. The van der Waals surface area contributed by atoms with E-state index in [1.54, 1.807) is 30.3 Å². The molecule has 2 amide bonds. The highest BCUT2D eigenvalue weighted by molar-refractivity contribution is 6.34. The van der Waals surface area contributed by atoms with Crippen LogP contribution in [0.4, 0.5) is 5.69 Å². The van der Waals surface area contributed by atoms with Crippen molar-refractivity contribution in [2.45, 2.75) is 40.2 Å². The van der Waals surface area contributed by atoms with Crippen LogP contribution in [0.25, 0.3) is 0 Å². The van der Waals surface area contributed by atoms with Gasteiger partial charge in [0.15, 0.2) is 0 Å². The summed E-state index contributed by atoms with van der Waals surface area (Å²) in [6, 6.07) is 10.5. The van der Waals surface area contributed by atoms with Gasteiger partial charge in [0.25, 0.3) is 11.8 Å². The van der Waals surface area contributed by atoms with Gasteiger partial charge in [0.1, 0.15) is 0 Å². The molecule has 0 fully saturated rings. The summed E-state index contributed by atoms with van der Waals surface area (Å²) in [5, 5.41) is 6.23. The minimum absolute atomic E-state index is 0.0824. The third kappa shape index (κ3) is 4.83. The quantitative estimate of drug-likeness (QED) is 0.811. The summed E-state index contributed by atoms with van der Waals surface area (Å²) in [5.41, 5.74) is 3.38. The number of amides is 2. The number of hydrogen-bond acceptors (Lipinski definition) is 2. The first-order chi connectivity index (χ1) is 11.8. The second kappa shape index (κ2) is 8.17. The van der Waals surface area contributed by atoms with Crippen LogP contribution < -0.4 is 10.6 Å². The third-order valence-corrected chi connectivity index (χ3v) is 4.35. The molecule has 2 rings (SSSR count). The van der Waals surface area contributed by atoms with E-state index in [1.807, 2.05) is 33.8 Å². The van der Waals surface area contributed by atoms with Crippen molar-refractivity contribution in [1.29, 1.82) is 0 Å². The van der Waals surface area contributed by atoms with Gasteiger partial charge in [-0.05, 0) is 62.6 Å². The standard InChI is InChI=1S/C20H23ClN2O2/c1-5-14(4)22-19(24)15-7-6-8-16(11-15)20(25)23-18-13(3)9-12(2)10-17(18)21/h6-11,14H,5H2,1-4H3,(H,22,24)(H,23,25). The van der Waals surface area contributed by atoms with Crippen LogP contribution >= 0.6 is 11.6 Å². The van der Waals surface area contributed by atoms with Gasteiger partial charge < -0.3 is 10.6 Å². The highest BCUT2D eigenvalue weighted by Gasteiger charge is 2.14. The summed E-state index contributed by atoms with van der Waals surface area (Å²) < 4.78 is 0. The average molecular weight is 359 g/mol. The molecular formula is C20H23ClN2O2. The molecular weight excluding hydrogens is 336 g/mol. The van der Waals surface area contributed by atoms with Crippen molar-refractivity contribution in [2.75, 3.05) is 5.32 Å². The van der Waals surface area contributed by atoms with E-state index in [0.717, 1.165) is 17.5 Å². The summed E-state index contributed by atoms with van der Waals surface area (Å²) in [4.78, 5) is 24.8. The largest absolute Gasteiger partial charge is 0.350 e. The number of anilines is 1. The van der Waals surface area contributed by atoms with E-state index < -0.39 is 0 Å². The highest BCUT2D eigenvalue weighted by Crippen LogP contribution is 2.27. The van der Waals surface area contributed by atoms with Gasteiger partial charge in [0.05, 0.1) is 10.7 Å². The molecule has 2 aromatic carbocycles. The smallest absolute Gasteiger partial charge is 0.255 e. The zero-order chi connectivity index (χ0) is 18.6. The number of benzene rings is 2. The van der Waals surface area contributed by atoms with Gasteiger partial charge in [-0.2, -0.15) is 0 Å². The lowest BCUT2D eigenvalue weighted by molar-refractivity contribution is 0.0939. The molecule has 0 radical (unpaired) electrons. The molecule has 2 aromatic rings. The minimum atomic E-state index is -0.299. The Morgan fingerprint density at radius 1 is 1.08 bits per heavy atom. The molecule has 0 aliphatic carbocycles. The Kier molecular flexibility index (Phi) is 6.21. The van der Waals surface area contributed by atoms with E-state index in [9.17, 15) is 9.59 Å². The van der Waals surface area contributed by atoms with Crippen molar-refractivity contribution >= 4 is 29.1 Å². The van der Waals surface area contributed by atoms with Gasteiger partial charge >= 0.3 is 0 Å². The van der Waals surface area contributed by atoms with E-state index in [4.69, 9.17) is 11.6 Å². The maximum absolute atomic E-state index is 12.6. The van der Waals surface area contributed by atoms with Gasteiger partial charge in [-0.25, -0.2) is 0 Å². The van der Waals surface area contributed by atoms with Crippen LogP contribution in [0.1, 0.15) is 52.1 Å². The zero-order valence-electron chi connectivity index (χ0n) is 14.9. The first-order valence-electron chi connectivity index (χ1n) is 8.30. The molecule has 5 heteroatoms. The fourth-order valence-electron chi connectivity index (χ4n) is 2.47. The van der Waals surface area contributed by atoms with Crippen LogP contribution in [0.15, 0.2) is 36.4 Å². The SMILES string of the molecule is CCC(C)NC(=O)c1cccc(C(=O)Nc2c(C)cc(C)cc2Cl)c1. The predicted molar refractivity (Wildman–Crippen MR) is 103 cm³/mol. The van der Waals surface area contributed by atoms with Crippen LogP contribution in [-0.4, -0.2) is 17.9 Å². The first-order valence-corrected chi connectivity index (χ1v) is 8.68. The molecule has 0 aliphatic heterocycles. The highest BCUT2D eigenvalue weighted by atomic mass is 35.5. The summed E-state index contributed by atoms with van der Waals surface area (Å²) in [7, 11) is 0. The summed E-state index contributed by atoms with van der Waals surface area (Å²) in [5.74, 6) is -0.486. The Morgan fingerprint density at radius 3 is 2.32 bits per heavy atom. The molecule has 0 aromatic heterocycles. The fraction of sp³-hybridized carbons (Fsp3) is 0.300. The molecule has 0 saturated heterocycles. The van der Waals surface area contributed by atoms with Crippen molar-refractivity contribution in [3.05, 3.63) is 63.7 Å². The summed E-state index contributed by atoms with van der Waals surface area (Å²) in [6.45, 7) is 7.79. The average Bonchev–Trinajstić information content (AvgIpc) is 2.57. The molecule has 0 bridgehead atoms. The molecule has 25 heavy (non-hydrogen) atoms. The van der Waals surface area contributed by atoms with E-state index in [1.165, 1.54) is 0 Å². The second-order valence-corrected chi connectivity index (χ2v) is 6.66. The van der Waals surface area contributed by atoms with E-state index in [0.29, 0.717) is 21.8 Å². The summed E-state index contributed by atoms with van der Waals surface area (Å²) >= 11 is 6.24. The van der Waals surface area contributed by atoms with Crippen molar-refractivity contribution in [1.82, 2.24) is 5.32 Å². The van der Waals surface area contributed by atoms with Gasteiger partial charge in [-0.15, -0.1) is 0 Å². The Labute approximate surface area is 153 Å². The first kappa shape index (κ1) is 19.0. The molecule has 4 nitrogen and oxygen atoms in total. The molecule has 1 atom stereocenters. The molecule has 0 spiro atoms. The Balaban J connectivity index is 2.21. The third-order valence-electron chi connectivity index (χ3n) is 4.05. The molecule has 1 unspecified atom stereocenters. The number of carbonyl (C=O) groups excluding carboxylic acids is 2. The van der Waals surface area contributed by atoms with Crippen LogP contribution in [0.3, 0.4) is 0 Å². The normalized spacial score (nSPS) is 11.7. The number of rotatable bonds is 5. The second-order valence-electron chi connectivity index (χ2n) is 6.26. The van der Waals surface area contributed by atoms with Crippen LogP contribution in [0, 0.1) is 13.8 Å². The zero-order valence-corrected chi connectivity index (χ0v) is 15.7. The number of halogens is 1. The van der Waals surface area contributed by atoms with Crippen molar-refractivity contribution in [3.63, 3.8) is 0 Å². The molecule has 0 heterocycles. The monoisotopic (exact) mass is 358 g/mol. The lowest BCUT2D eigenvalue weighted by atomic mass is 10.1. The van der Waals surface area contributed by atoms with Crippen LogP contribution in [0.2, 0.25) is 5.02 Å². The van der Waals surface area contributed by atoms with Crippen molar-refractivity contribution < 1.29 is 9.59 Å². The Hall–Kier alpha value is -2.33. The number of nitrogens with one attached hydrogen (secondary N) is 2. The molecule has 2 N–H and O–H groups in total. The minimum Gasteiger partial charge on any atom is -0.350 e. The van der Waals surface area contributed by atoms with Gasteiger partial charge in [0, 0.05) is 17.2 Å². The molecule has 0 saturated carbocycles. The van der Waals surface area contributed by atoms with Crippen molar-refractivity contribution in [3.8, 4) is 0 Å². The number of hydrogen-bond donors (Lipinski definition) is 2. The maximum atomic E-state index is 12.6. The van der Waals surface area contributed by atoms with E-state index in [2.05, 4.69) is 10.6 Å². The topological polar surface area (TPSA) is 58.2 Å². The maximum Gasteiger partial charge on any atom is 0.255 e. The predicted octanol–water partition coefficient (Wildman–Crippen LogP) is 4.74. The van der Waals surface area contributed by atoms with Gasteiger partial charge in [-0.1, -0.05) is 30.7 Å². The van der Waals surface area contributed by atoms with Gasteiger partial charge in [-0.3, -0.25) is 9.59 Å². The fourth-order valence-corrected chi connectivity index (χ4v) is 2.84. The van der Waals surface area contributed by atoms with Gasteiger partial charge in [0.2, 0.25) is 0 Å². The number of aryl methyl sites for hydroxylation is 2. The van der Waals surface area contributed by atoms with E-state index >= 15 is 0 Å². The molecule has 132 valence electrons. The van der Waals surface area contributed by atoms with Crippen molar-refractivity contribution in [2.24, 2.45) is 0 Å². The van der Waals surface area contributed by atoms with Crippen LogP contribution in [-0.2, 0) is 0 Å². The van der Waals surface area contributed by atoms with E-state index in [-0.39, 0.29) is 17.9 Å². The van der Waals surface area contributed by atoms with Crippen LogP contribution in [0.5, 0.6) is 0 Å². The molecule has 0 aliphatic rings. The Bertz CT molecular complexity index is 779. The lowest BCUT2D eigenvalue weighted by Gasteiger charge is -2.13. The number of carbonyl (C=O) groups is 2. The lowest BCUT2D eigenvalue weighted by Crippen LogP contribution is -2.32. The Morgan fingerprint density at radius 2 is 1.72 bits per heavy atom.